The summed E-state index contributed by atoms with van der Waals surface area (Å²) in [6, 6.07) is 25.8. The summed E-state index contributed by atoms with van der Waals surface area (Å²) < 4.78 is 0. The number of nitrogens with zero attached hydrogens (tertiary/aromatic N) is 2. The number of H-pyrrole nitrogens is 1. The predicted molar refractivity (Wildman–Crippen MR) is 118 cm³/mol. The molecule has 0 unspecified atom stereocenters. The molecule has 0 fully saturated rings. The number of nitrogens with one attached hydrogen (secondary N) is 2. The van der Waals surface area contributed by atoms with E-state index in [4.69, 9.17) is 0 Å². The molecule has 0 aliphatic carbocycles. The lowest BCUT2D eigenvalue weighted by Crippen LogP contribution is -2.17. The largest absolute Gasteiger partial charge is 0.289 e. The van der Waals surface area contributed by atoms with Crippen molar-refractivity contribution in [3.05, 3.63) is 95.7 Å². The summed E-state index contributed by atoms with van der Waals surface area (Å²) in [5.41, 5.74) is 6.59. The highest BCUT2D eigenvalue weighted by Gasteiger charge is 2.12. The molecule has 1 heterocycles. The lowest BCUT2D eigenvalue weighted by molar-refractivity contribution is 0.0950. The van der Waals surface area contributed by atoms with Crippen LogP contribution >= 0.6 is 0 Å². The Hall–Kier alpha value is -3.99. The van der Waals surface area contributed by atoms with Crippen LogP contribution in [0.25, 0.3) is 28.1 Å². The first kappa shape index (κ1) is 18.4. The number of hydrogen-bond donors (Lipinski definition) is 2. The molecule has 0 aliphatic rings. The zero-order valence-corrected chi connectivity index (χ0v) is 16.0. The van der Waals surface area contributed by atoms with Crippen molar-refractivity contribution in [2.75, 3.05) is 0 Å². The molecule has 0 bridgehead atoms. The second-order valence-corrected chi connectivity index (χ2v) is 6.69. The van der Waals surface area contributed by atoms with Gasteiger partial charge in [-0.15, -0.1) is 0 Å². The van der Waals surface area contributed by atoms with Crippen molar-refractivity contribution in [1.82, 2.24) is 15.6 Å². The molecule has 2 N–H and O–H groups in total. The van der Waals surface area contributed by atoms with Crippen molar-refractivity contribution in [3.8, 4) is 11.3 Å². The summed E-state index contributed by atoms with van der Waals surface area (Å²) in [7, 11) is 0. The van der Waals surface area contributed by atoms with Crippen LogP contribution in [-0.4, -0.2) is 22.3 Å². The number of amides is 1. The number of aromatic amines is 1. The molecule has 4 aromatic rings. The molecule has 3 aromatic carbocycles. The molecule has 0 saturated heterocycles. The fourth-order valence-corrected chi connectivity index (χ4v) is 3.13. The minimum atomic E-state index is -0.340. The topological polar surface area (TPSA) is 70.1 Å². The zero-order valence-electron chi connectivity index (χ0n) is 16.0. The Kier molecular flexibility index (Phi) is 5.29. The van der Waals surface area contributed by atoms with Crippen LogP contribution in [0, 0.1) is 0 Å². The summed E-state index contributed by atoms with van der Waals surface area (Å²) in [4.78, 5) is 12.4. The van der Waals surface area contributed by atoms with Gasteiger partial charge in [-0.2, -0.15) is 10.2 Å². The van der Waals surface area contributed by atoms with E-state index in [2.05, 4.69) is 32.9 Å². The molecule has 142 valence electrons. The van der Waals surface area contributed by atoms with Gasteiger partial charge in [0.15, 0.2) is 0 Å². The van der Waals surface area contributed by atoms with Crippen LogP contribution in [0.2, 0.25) is 0 Å². The molecule has 0 radical (unpaired) electrons. The second kappa shape index (κ2) is 8.35. The van der Waals surface area contributed by atoms with E-state index in [9.17, 15) is 4.79 Å². The molecular formula is C24H20N4O. The number of carbonyl (C=O) groups excluding carboxylic acids is 1. The molecule has 4 rings (SSSR count). The lowest BCUT2D eigenvalue weighted by Gasteiger charge is -2.02. The fourth-order valence-electron chi connectivity index (χ4n) is 3.13. The van der Waals surface area contributed by atoms with Crippen LogP contribution in [0.5, 0.6) is 0 Å². The molecular weight excluding hydrogens is 360 g/mol. The number of aromatic nitrogens is 2. The van der Waals surface area contributed by atoms with Crippen LogP contribution in [0.15, 0.2) is 89.5 Å². The summed E-state index contributed by atoms with van der Waals surface area (Å²) in [5.74, 6) is -0.340. The normalized spacial score (nSPS) is 11.8. The highest BCUT2D eigenvalue weighted by atomic mass is 16.2. The minimum absolute atomic E-state index is 0.340. The quantitative estimate of drug-likeness (QED) is 0.376. The SMILES string of the molecule is CC(/C=N/NC(=O)c1cc(-c2cccc3ccccc23)n[nH]1)=C\c1ccccc1. The van der Waals surface area contributed by atoms with Gasteiger partial charge in [0.1, 0.15) is 5.69 Å². The maximum Gasteiger partial charge on any atom is 0.289 e. The Morgan fingerprint density at radius 1 is 1.00 bits per heavy atom. The molecule has 5 nitrogen and oxygen atoms in total. The first-order valence-electron chi connectivity index (χ1n) is 9.31. The lowest BCUT2D eigenvalue weighted by atomic mass is 10.0. The van der Waals surface area contributed by atoms with E-state index >= 15 is 0 Å². The van der Waals surface area contributed by atoms with Crippen LogP contribution in [0.4, 0.5) is 0 Å². The van der Waals surface area contributed by atoms with Crippen LogP contribution in [0.3, 0.4) is 0 Å². The second-order valence-electron chi connectivity index (χ2n) is 6.69. The van der Waals surface area contributed by atoms with Crippen molar-refractivity contribution in [1.29, 1.82) is 0 Å². The molecule has 1 amide bonds. The van der Waals surface area contributed by atoms with Gasteiger partial charge in [-0.05, 0) is 34.9 Å². The van der Waals surface area contributed by atoms with Crippen molar-refractivity contribution >= 4 is 29.0 Å². The van der Waals surface area contributed by atoms with Gasteiger partial charge >= 0.3 is 0 Å². The molecule has 0 spiro atoms. The highest BCUT2D eigenvalue weighted by Crippen LogP contribution is 2.27. The minimum Gasteiger partial charge on any atom is -0.272 e. The molecule has 5 heteroatoms. The highest BCUT2D eigenvalue weighted by molar-refractivity contribution is 5.98. The van der Waals surface area contributed by atoms with Crippen molar-refractivity contribution in [2.45, 2.75) is 6.92 Å². The van der Waals surface area contributed by atoms with E-state index < -0.39 is 0 Å². The van der Waals surface area contributed by atoms with E-state index in [0.717, 1.165) is 33.2 Å². The Morgan fingerprint density at radius 3 is 2.62 bits per heavy atom. The summed E-state index contributed by atoms with van der Waals surface area (Å²) in [5, 5.41) is 13.4. The first-order chi connectivity index (χ1) is 14.2. The van der Waals surface area contributed by atoms with Crippen molar-refractivity contribution in [3.63, 3.8) is 0 Å². The van der Waals surface area contributed by atoms with Crippen molar-refractivity contribution < 1.29 is 4.79 Å². The van der Waals surface area contributed by atoms with Gasteiger partial charge in [0, 0.05) is 5.56 Å². The number of benzene rings is 3. The summed E-state index contributed by atoms with van der Waals surface area (Å²) in [6.45, 7) is 1.93. The molecule has 0 saturated carbocycles. The first-order valence-corrected chi connectivity index (χ1v) is 9.31. The van der Waals surface area contributed by atoms with E-state index in [1.54, 1.807) is 12.3 Å². The van der Waals surface area contributed by atoms with Crippen molar-refractivity contribution in [2.24, 2.45) is 5.10 Å². The molecule has 0 aliphatic heterocycles. The summed E-state index contributed by atoms with van der Waals surface area (Å²) >= 11 is 0. The van der Waals surface area contributed by atoms with E-state index in [1.807, 2.05) is 73.7 Å². The van der Waals surface area contributed by atoms with Gasteiger partial charge in [-0.3, -0.25) is 9.89 Å². The number of fused-ring (bicyclic) bond motifs is 1. The fraction of sp³-hybridized carbons (Fsp3) is 0.0417. The third-order valence-corrected chi connectivity index (χ3v) is 4.52. The maximum absolute atomic E-state index is 12.4. The summed E-state index contributed by atoms with van der Waals surface area (Å²) in [6.07, 6.45) is 3.61. The Morgan fingerprint density at radius 2 is 1.76 bits per heavy atom. The Labute approximate surface area is 168 Å². The monoisotopic (exact) mass is 380 g/mol. The number of carbonyl (C=O) groups is 1. The molecule has 0 atom stereocenters. The Balaban J connectivity index is 1.47. The van der Waals surface area contributed by atoms with E-state index in [1.165, 1.54) is 0 Å². The molecule has 29 heavy (non-hydrogen) atoms. The zero-order chi connectivity index (χ0) is 20.1. The van der Waals surface area contributed by atoms with Gasteiger partial charge in [-0.25, -0.2) is 5.43 Å². The average molecular weight is 380 g/mol. The number of hydrazone groups is 1. The van der Waals surface area contributed by atoms with Gasteiger partial charge in [0.25, 0.3) is 5.91 Å². The van der Waals surface area contributed by atoms with E-state index in [-0.39, 0.29) is 5.91 Å². The third-order valence-electron chi connectivity index (χ3n) is 4.52. The van der Waals surface area contributed by atoms with Gasteiger partial charge in [0.2, 0.25) is 0 Å². The van der Waals surface area contributed by atoms with Crippen LogP contribution in [0.1, 0.15) is 23.0 Å². The Bertz CT molecular complexity index is 1200. The number of hydrogen-bond acceptors (Lipinski definition) is 3. The average Bonchev–Trinajstić information content (AvgIpc) is 3.24. The maximum atomic E-state index is 12.4. The van der Waals surface area contributed by atoms with Gasteiger partial charge in [-0.1, -0.05) is 78.9 Å². The smallest absolute Gasteiger partial charge is 0.272 e. The number of rotatable bonds is 5. The van der Waals surface area contributed by atoms with Gasteiger partial charge < -0.3 is 0 Å². The van der Waals surface area contributed by atoms with Gasteiger partial charge in [0.05, 0.1) is 11.9 Å². The number of allylic oxidation sites excluding steroid dienone is 1. The predicted octanol–water partition coefficient (Wildman–Crippen LogP) is 5.05. The standard InChI is InChI=1S/C24H20N4O/c1-17(14-18-8-3-2-4-9-18)16-25-28-24(29)23-15-22(26-27-23)21-13-7-11-19-10-5-6-12-20(19)21/h2-16H,1H3,(H,26,27)(H,28,29)/b17-14+,25-16+. The van der Waals surface area contributed by atoms with E-state index in [0.29, 0.717) is 5.69 Å². The van der Waals surface area contributed by atoms with Crippen LogP contribution < -0.4 is 5.43 Å². The third kappa shape index (κ3) is 4.30. The molecule has 1 aromatic heterocycles. The van der Waals surface area contributed by atoms with Crippen LogP contribution in [-0.2, 0) is 0 Å².